The lowest BCUT2D eigenvalue weighted by Gasteiger charge is -2.26. The molecule has 5 nitrogen and oxygen atoms in total. The normalized spacial score (nSPS) is 10.7. The topological polar surface area (TPSA) is 71.2 Å². The molecule has 0 spiro atoms. The molecule has 0 aliphatic heterocycles. The molecular weight excluding hydrogens is 252 g/mol. The molecule has 1 aromatic rings. The Labute approximate surface area is 121 Å². The minimum absolute atomic E-state index is 0.127. The van der Waals surface area contributed by atoms with Gasteiger partial charge in [0.1, 0.15) is 5.69 Å². The van der Waals surface area contributed by atoms with Crippen molar-refractivity contribution in [1.82, 2.24) is 10.3 Å². The molecule has 0 bridgehead atoms. The number of hydrogen-bond acceptors (Lipinski definition) is 4. The summed E-state index contributed by atoms with van der Waals surface area (Å²) in [4.78, 5) is 18.2. The van der Waals surface area contributed by atoms with E-state index in [1.807, 2.05) is 19.1 Å². The smallest absolute Gasteiger partial charge is 0.269 e. The lowest BCUT2D eigenvalue weighted by Crippen LogP contribution is -2.30. The Morgan fingerprint density at radius 1 is 1.50 bits per heavy atom. The number of amides is 1. The standard InChI is InChI=1S/C15H26N4O/c1-4-17-15(20)14-10-13(6-8-18-14)19(9-5-7-16)11-12(2)3/h6,8,10,12H,4-5,7,9,11,16H2,1-3H3,(H,17,20). The van der Waals surface area contributed by atoms with Gasteiger partial charge >= 0.3 is 0 Å². The first kappa shape index (κ1) is 16.4. The van der Waals surface area contributed by atoms with E-state index >= 15 is 0 Å². The minimum Gasteiger partial charge on any atom is -0.371 e. The van der Waals surface area contributed by atoms with Gasteiger partial charge in [-0.15, -0.1) is 0 Å². The monoisotopic (exact) mass is 278 g/mol. The molecule has 3 N–H and O–H groups in total. The number of aromatic nitrogens is 1. The molecule has 1 rings (SSSR count). The fourth-order valence-corrected chi connectivity index (χ4v) is 2.04. The first-order valence-electron chi connectivity index (χ1n) is 7.27. The maximum absolute atomic E-state index is 11.8. The average molecular weight is 278 g/mol. The highest BCUT2D eigenvalue weighted by atomic mass is 16.1. The Bertz CT molecular complexity index is 420. The first-order chi connectivity index (χ1) is 9.58. The van der Waals surface area contributed by atoms with Crippen LogP contribution in [0.2, 0.25) is 0 Å². The largest absolute Gasteiger partial charge is 0.371 e. The quantitative estimate of drug-likeness (QED) is 0.758. The highest BCUT2D eigenvalue weighted by molar-refractivity contribution is 5.93. The van der Waals surface area contributed by atoms with Crippen LogP contribution >= 0.6 is 0 Å². The van der Waals surface area contributed by atoms with Gasteiger partial charge < -0.3 is 16.0 Å². The minimum atomic E-state index is -0.127. The van der Waals surface area contributed by atoms with Crippen molar-refractivity contribution in [3.05, 3.63) is 24.0 Å². The number of nitrogens with zero attached hydrogens (tertiary/aromatic N) is 2. The molecule has 1 heterocycles. The van der Waals surface area contributed by atoms with Crippen molar-refractivity contribution in [2.45, 2.75) is 27.2 Å². The van der Waals surface area contributed by atoms with Crippen LogP contribution in [-0.2, 0) is 0 Å². The molecule has 1 amide bonds. The van der Waals surface area contributed by atoms with E-state index in [1.165, 1.54) is 0 Å². The Kier molecular flexibility index (Phi) is 7.01. The molecule has 0 aliphatic carbocycles. The number of carbonyl (C=O) groups is 1. The summed E-state index contributed by atoms with van der Waals surface area (Å²) in [6.45, 7) is 9.37. The van der Waals surface area contributed by atoms with Crippen molar-refractivity contribution in [2.24, 2.45) is 11.7 Å². The zero-order chi connectivity index (χ0) is 15.0. The lowest BCUT2D eigenvalue weighted by molar-refractivity contribution is 0.0951. The molecule has 0 saturated carbocycles. The fraction of sp³-hybridized carbons (Fsp3) is 0.600. The predicted molar refractivity (Wildman–Crippen MR) is 83.0 cm³/mol. The third kappa shape index (κ3) is 5.17. The van der Waals surface area contributed by atoms with Gasteiger partial charge in [-0.3, -0.25) is 9.78 Å². The second-order valence-corrected chi connectivity index (χ2v) is 5.24. The van der Waals surface area contributed by atoms with Gasteiger partial charge in [0.2, 0.25) is 0 Å². The molecular formula is C15H26N4O. The molecule has 0 fully saturated rings. The molecule has 20 heavy (non-hydrogen) atoms. The van der Waals surface area contributed by atoms with Crippen molar-refractivity contribution in [2.75, 3.05) is 31.1 Å². The highest BCUT2D eigenvalue weighted by Crippen LogP contribution is 2.16. The molecule has 0 saturated heterocycles. The summed E-state index contributed by atoms with van der Waals surface area (Å²) in [7, 11) is 0. The summed E-state index contributed by atoms with van der Waals surface area (Å²) >= 11 is 0. The number of carbonyl (C=O) groups excluding carboxylic acids is 1. The zero-order valence-electron chi connectivity index (χ0n) is 12.7. The van der Waals surface area contributed by atoms with Gasteiger partial charge in [0.25, 0.3) is 5.91 Å². The van der Waals surface area contributed by atoms with Crippen LogP contribution in [0.1, 0.15) is 37.7 Å². The van der Waals surface area contributed by atoms with Crippen molar-refractivity contribution >= 4 is 11.6 Å². The predicted octanol–water partition coefficient (Wildman–Crippen LogP) is 1.64. The van der Waals surface area contributed by atoms with E-state index in [4.69, 9.17) is 5.73 Å². The molecule has 1 aromatic heterocycles. The number of nitrogens with one attached hydrogen (secondary N) is 1. The second kappa shape index (κ2) is 8.53. The van der Waals surface area contributed by atoms with Crippen molar-refractivity contribution in [3.8, 4) is 0 Å². The number of nitrogens with two attached hydrogens (primary N) is 1. The average Bonchev–Trinajstić information content (AvgIpc) is 2.43. The molecule has 0 radical (unpaired) electrons. The molecule has 0 aliphatic rings. The number of hydrogen-bond donors (Lipinski definition) is 2. The number of anilines is 1. The highest BCUT2D eigenvalue weighted by Gasteiger charge is 2.12. The van der Waals surface area contributed by atoms with E-state index in [2.05, 4.69) is 29.0 Å². The summed E-state index contributed by atoms with van der Waals surface area (Å²) in [6, 6.07) is 3.80. The first-order valence-corrected chi connectivity index (χ1v) is 7.27. The Morgan fingerprint density at radius 3 is 2.85 bits per heavy atom. The maximum Gasteiger partial charge on any atom is 0.269 e. The molecule has 0 aromatic carbocycles. The van der Waals surface area contributed by atoms with Gasteiger partial charge in [-0.05, 0) is 37.9 Å². The van der Waals surface area contributed by atoms with E-state index < -0.39 is 0 Å². The summed E-state index contributed by atoms with van der Waals surface area (Å²) in [5.74, 6) is 0.423. The van der Waals surface area contributed by atoms with Crippen LogP contribution in [0.4, 0.5) is 5.69 Å². The van der Waals surface area contributed by atoms with Crippen molar-refractivity contribution in [1.29, 1.82) is 0 Å². The van der Waals surface area contributed by atoms with Gasteiger partial charge in [-0.1, -0.05) is 13.8 Å². The van der Waals surface area contributed by atoms with Gasteiger partial charge in [0, 0.05) is 31.5 Å². The summed E-state index contributed by atoms with van der Waals surface area (Å²) in [6.07, 6.45) is 2.63. The molecule has 112 valence electrons. The van der Waals surface area contributed by atoms with Crippen LogP contribution < -0.4 is 16.0 Å². The van der Waals surface area contributed by atoms with E-state index in [0.717, 1.165) is 25.2 Å². The van der Waals surface area contributed by atoms with E-state index in [1.54, 1.807) is 6.20 Å². The van der Waals surface area contributed by atoms with Gasteiger partial charge in [0.15, 0.2) is 0 Å². The van der Waals surface area contributed by atoms with E-state index in [9.17, 15) is 4.79 Å². The second-order valence-electron chi connectivity index (χ2n) is 5.24. The summed E-state index contributed by atoms with van der Waals surface area (Å²) < 4.78 is 0. The SMILES string of the molecule is CCNC(=O)c1cc(N(CCCN)CC(C)C)ccn1. The number of pyridine rings is 1. The van der Waals surface area contributed by atoms with Crippen molar-refractivity contribution < 1.29 is 4.79 Å². The van der Waals surface area contributed by atoms with Crippen molar-refractivity contribution in [3.63, 3.8) is 0 Å². The van der Waals surface area contributed by atoms with Crippen LogP contribution in [0, 0.1) is 5.92 Å². The zero-order valence-corrected chi connectivity index (χ0v) is 12.7. The Hall–Kier alpha value is -1.62. The molecule has 0 unspecified atom stereocenters. The summed E-state index contributed by atoms with van der Waals surface area (Å²) in [5.41, 5.74) is 7.09. The van der Waals surface area contributed by atoms with Crippen LogP contribution in [0.25, 0.3) is 0 Å². The maximum atomic E-state index is 11.8. The number of rotatable bonds is 8. The van der Waals surface area contributed by atoms with Gasteiger partial charge in [0.05, 0.1) is 0 Å². The van der Waals surface area contributed by atoms with E-state index in [0.29, 0.717) is 24.7 Å². The summed E-state index contributed by atoms with van der Waals surface area (Å²) in [5, 5.41) is 2.77. The van der Waals surface area contributed by atoms with Crippen LogP contribution in [0.3, 0.4) is 0 Å². The van der Waals surface area contributed by atoms with Crippen LogP contribution in [-0.4, -0.2) is 37.1 Å². The Morgan fingerprint density at radius 2 is 2.25 bits per heavy atom. The Balaban J connectivity index is 2.89. The third-order valence-corrected chi connectivity index (χ3v) is 2.90. The molecule has 0 atom stereocenters. The fourth-order valence-electron chi connectivity index (χ4n) is 2.04. The van der Waals surface area contributed by atoms with Crippen LogP contribution in [0.5, 0.6) is 0 Å². The lowest BCUT2D eigenvalue weighted by atomic mass is 10.1. The molecule has 5 heteroatoms. The van der Waals surface area contributed by atoms with Gasteiger partial charge in [-0.25, -0.2) is 0 Å². The van der Waals surface area contributed by atoms with Gasteiger partial charge in [-0.2, -0.15) is 0 Å². The van der Waals surface area contributed by atoms with Crippen LogP contribution in [0.15, 0.2) is 18.3 Å². The third-order valence-electron chi connectivity index (χ3n) is 2.90. The van der Waals surface area contributed by atoms with E-state index in [-0.39, 0.29) is 5.91 Å².